The van der Waals surface area contributed by atoms with E-state index < -0.39 is 41.1 Å². The Morgan fingerprint density at radius 2 is 1.89 bits per heavy atom. The van der Waals surface area contributed by atoms with E-state index in [2.05, 4.69) is 4.98 Å². The van der Waals surface area contributed by atoms with Crippen LogP contribution in [0.3, 0.4) is 0 Å². The lowest BCUT2D eigenvalue weighted by Crippen LogP contribution is -2.54. The minimum atomic E-state index is -4.67. The Morgan fingerprint density at radius 3 is 2.47 bits per heavy atom. The predicted octanol–water partition coefficient (Wildman–Crippen LogP) is 4.88. The Balaban J connectivity index is 1.60. The molecule has 0 spiro atoms. The standard InChI is InChI=1S/C25H32F3N3O5/c1-14-6-17(32)7-15(31(14)22(33)36-23(2,3)4)12-35-18-8-19(25(26,27)28)21-20(9-18)29-13-30(21)16-10-24(5,34)11-16/h8-9,13-16,34H,6-7,10-12H2,1-5H3/t14-,15-,16?,24?/m0/s1. The molecule has 1 amide bonds. The number of carbonyl (C=O) groups excluding carboxylic acids is 2. The van der Waals surface area contributed by atoms with E-state index in [1.807, 2.05) is 0 Å². The number of ether oxygens (including phenoxy) is 2. The second kappa shape index (κ2) is 8.93. The number of carbonyl (C=O) groups is 2. The molecule has 1 aromatic heterocycles. The van der Waals surface area contributed by atoms with Crippen LogP contribution >= 0.6 is 0 Å². The number of aromatic nitrogens is 2. The fraction of sp³-hybridized carbons (Fsp3) is 0.640. The van der Waals surface area contributed by atoms with Crippen LogP contribution in [0.5, 0.6) is 5.75 Å². The fourth-order valence-corrected chi connectivity index (χ4v) is 5.08. The highest BCUT2D eigenvalue weighted by Gasteiger charge is 2.43. The van der Waals surface area contributed by atoms with Crippen molar-refractivity contribution in [2.45, 2.75) is 95.8 Å². The van der Waals surface area contributed by atoms with Crippen LogP contribution in [0.15, 0.2) is 18.5 Å². The van der Waals surface area contributed by atoms with Crippen LogP contribution in [0.4, 0.5) is 18.0 Å². The molecule has 1 N–H and O–H groups in total. The molecule has 1 saturated carbocycles. The number of amides is 1. The quantitative estimate of drug-likeness (QED) is 0.629. The molecular weight excluding hydrogens is 479 g/mol. The van der Waals surface area contributed by atoms with Gasteiger partial charge in [0.25, 0.3) is 0 Å². The average molecular weight is 512 g/mol. The van der Waals surface area contributed by atoms with Gasteiger partial charge in [-0.3, -0.25) is 9.69 Å². The van der Waals surface area contributed by atoms with Crippen molar-refractivity contribution in [2.75, 3.05) is 6.61 Å². The smallest absolute Gasteiger partial charge is 0.418 e. The summed E-state index contributed by atoms with van der Waals surface area (Å²) in [5.74, 6) is -0.118. The first kappa shape index (κ1) is 26.2. The first-order valence-electron chi connectivity index (χ1n) is 12.0. The highest BCUT2D eigenvalue weighted by Crippen LogP contribution is 2.45. The molecule has 1 aromatic carbocycles. The van der Waals surface area contributed by atoms with Crippen molar-refractivity contribution in [3.8, 4) is 5.75 Å². The maximum atomic E-state index is 14.1. The number of aliphatic hydroxyl groups is 1. The molecule has 2 heterocycles. The third-order valence-corrected chi connectivity index (χ3v) is 6.59. The van der Waals surface area contributed by atoms with Crippen LogP contribution in [-0.4, -0.2) is 61.3 Å². The first-order valence-corrected chi connectivity index (χ1v) is 12.0. The number of piperidine rings is 1. The molecule has 2 fully saturated rings. The van der Waals surface area contributed by atoms with Crippen molar-refractivity contribution in [1.82, 2.24) is 14.5 Å². The van der Waals surface area contributed by atoms with Crippen molar-refractivity contribution < 1.29 is 37.3 Å². The van der Waals surface area contributed by atoms with Gasteiger partial charge in [-0.2, -0.15) is 13.2 Å². The van der Waals surface area contributed by atoms with Gasteiger partial charge in [0.2, 0.25) is 0 Å². The molecule has 198 valence electrons. The van der Waals surface area contributed by atoms with Crippen molar-refractivity contribution in [3.05, 3.63) is 24.0 Å². The number of hydrogen-bond donors (Lipinski definition) is 1. The van der Waals surface area contributed by atoms with Crippen LogP contribution in [-0.2, 0) is 15.7 Å². The van der Waals surface area contributed by atoms with Crippen LogP contribution in [0.25, 0.3) is 11.0 Å². The number of Topliss-reactive ketones (excluding diaryl/α,β-unsaturated/α-hetero) is 1. The van der Waals surface area contributed by atoms with Gasteiger partial charge >= 0.3 is 12.3 Å². The van der Waals surface area contributed by atoms with Gasteiger partial charge in [0.05, 0.1) is 34.6 Å². The molecule has 8 nitrogen and oxygen atoms in total. The molecule has 0 radical (unpaired) electrons. The summed E-state index contributed by atoms with van der Waals surface area (Å²) in [4.78, 5) is 30.7. The Bertz CT molecular complexity index is 1160. The summed E-state index contributed by atoms with van der Waals surface area (Å²) in [6, 6.07) is 0.941. The van der Waals surface area contributed by atoms with E-state index in [9.17, 15) is 27.9 Å². The number of likely N-dealkylation sites (tertiary alicyclic amines) is 1. The number of hydrogen-bond acceptors (Lipinski definition) is 6. The van der Waals surface area contributed by atoms with Gasteiger partial charge < -0.3 is 19.1 Å². The number of imidazole rings is 1. The number of halogens is 3. The Kier molecular flexibility index (Phi) is 6.51. The van der Waals surface area contributed by atoms with E-state index in [0.717, 1.165) is 6.07 Å². The Labute approximate surface area is 207 Å². The minimum absolute atomic E-state index is 0.0220. The van der Waals surface area contributed by atoms with Gasteiger partial charge in [-0.15, -0.1) is 0 Å². The van der Waals surface area contributed by atoms with Crippen LogP contribution in [0.2, 0.25) is 0 Å². The van der Waals surface area contributed by atoms with E-state index in [1.54, 1.807) is 34.6 Å². The molecule has 2 aromatic rings. The second-order valence-electron chi connectivity index (χ2n) is 11.2. The highest BCUT2D eigenvalue weighted by molar-refractivity contribution is 5.83. The van der Waals surface area contributed by atoms with E-state index in [1.165, 1.54) is 21.9 Å². The van der Waals surface area contributed by atoms with Gasteiger partial charge in [0, 0.05) is 31.0 Å². The van der Waals surface area contributed by atoms with Crippen molar-refractivity contribution >= 4 is 22.9 Å². The molecular formula is C25H32F3N3O5. The molecule has 0 bridgehead atoms. The number of alkyl halides is 3. The zero-order valence-electron chi connectivity index (χ0n) is 21.1. The third-order valence-electron chi connectivity index (χ3n) is 6.59. The molecule has 1 saturated heterocycles. The SMILES string of the molecule is C[C@H]1CC(=O)C[C@@H](COc2cc(C(F)(F)F)c3c(c2)ncn3C2CC(C)(O)C2)N1C(=O)OC(C)(C)C. The zero-order valence-corrected chi connectivity index (χ0v) is 21.1. The van der Waals surface area contributed by atoms with Crippen LogP contribution in [0, 0.1) is 0 Å². The molecule has 36 heavy (non-hydrogen) atoms. The number of nitrogens with zero attached hydrogens (tertiary/aromatic N) is 3. The monoisotopic (exact) mass is 511 g/mol. The number of benzene rings is 1. The van der Waals surface area contributed by atoms with Gasteiger partial charge in [-0.05, 0) is 53.5 Å². The van der Waals surface area contributed by atoms with E-state index in [-0.39, 0.29) is 48.1 Å². The first-order chi connectivity index (χ1) is 16.5. The summed E-state index contributed by atoms with van der Waals surface area (Å²) in [5, 5.41) is 10.0. The minimum Gasteiger partial charge on any atom is -0.491 e. The highest BCUT2D eigenvalue weighted by atomic mass is 19.4. The molecule has 1 aliphatic heterocycles. The van der Waals surface area contributed by atoms with Crippen LogP contribution in [0.1, 0.15) is 71.9 Å². The lowest BCUT2D eigenvalue weighted by molar-refractivity contribution is -0.136. The van der Waals surface area contributed by atoms with E-state index in [4.69, 9.17) is 9.47 Å². The maximum Gasteiger partial charge on any atom is 0.418 e. The van der Waals surface area contributed by atoms with Crippen LogP contribution < -0.4 is 4.74 Å². The van der Waals surface area contributed by atoms with Crippen molar-refractivity contribution in [1.29, 1.82) is 0 Å². The molecule has 4 rings (SSSR count). The summed E-state index contributed by atoms with van der Waals surface area (Å²) < 4.78 is 54.9. The van der Waals surface area contributed by atoms with Crippen molar-refractivity contribution in [2.24, 2.45) is 0 Å². The summed E-state index contributed by atoms with van der Waals surface area (Å²) in [6.07, 6.45) is -3.04. The maximum absolute atomic E-state index is 14.1. The molecule has 1 aliphatic carbocycles. The molecule has 0 unspecified atom stereocenters. The van der Waals surface area contributed by atoms with Gasteiger partial charge in [0.15, 0.2) is 0 Å². The normalized spacial score (nSPS) is 27.2. The summed E-state index contributed by atoms with van der Waals surface area (Å²) in [5.41, 5.74) is -2.49. The largest absolute Gasteiger partial charge is 0.491 e. The predicted molar refractivity (Wildman–Crippen MR) is 125 cm³/mol. The molecule has 2 aliphatic rings. The number of ketones is 1. The third kappa shape index (κ3) is 5.45. The van der Waals surface area contributed by atoms with E-state index >= 15 is 0 Å². The lowest BCUT2D eigenvalue weighted by atomic mass is 9.77. The van der Waals surface area contributed by atoms with Crippen molar-refractivity contribution in [3.63, 3.8) is 0 Å². The lowest BCUT2D eigenvalue weighted by Gasteiger charge is -2.42. The summed E-state index contributed by atoms with van der Waals surface area (Å²) >= 11 is 0. The average Bonchev–Trinajstić information content (AvgIpc) is 3.10. The topological polar surface area (TPSA) is 93.9 Å². The Morgan fingerprint density at radius 1 is 1.22 bits per heavy atom. The molecule has 11 heteroatoms. The molecule has 2 atom stereocenters. The van der Waals surface area contributed by atoms with Gasteiger partial charge in [0.1, 0.15) is 23.7 Å². The number of fused-ring (bicyclic) bond motifs is 1. The number of rotatable bonds is 4. The van der Waals surface area contributed by atoms with Gasteiger partial charge in [-0.1, -0.05) is 0 Å². The fourth-order valence-electron chi connectivity index (χ4n) is 5.08. The zero-order chi connectivity index (χ0) is 26.6. The second-order valence-corrected chi connectivity index (χ2v) is 11.2. The summed E-state index contributed by atoms with van der Waals surface area (Å²) in [6.45, 7) is 8.39. The van der Waals surface area contributed by atoms with E-state index in [0.29, 0.717) is 12.8 Å². The Hall–Kier alpha value is -2.82. The van der Waals surface area contributed by atoms with Gasteiger partial charge in [-0.25, -0.2) is 9.78 Å². The summed E-state index contributed by atoms with van der Waals surface area (Å²) in [7, 11) is 0.